The monoisotopic (exact) mass is 393 g/mol. The molecule has 1 aromatic carbocycles. The van der Waals surface area contributed by atoms with E-state index in [1.165, 1.54) is 5.56 Å². The molecule has 1 saturated heterocycles. The van der Waals surface area contributed by atoms with Crippen LogP contribution in [-0.2, 0) is 6.42 Å². The maximum Gasteiger partial charge on any atom is 0.255 e. The topological polar surface area (TPSA) is 53.5 Å². The normalized spacial score (nSPS) is 14.6. The van der Waals surface area contributed by atoms with Crippen molar-refractivity contribution >= 4 is 11.8 Å². The first-order valence-corrected chi connectivity index (χ1v) is 10.6. The quantitative estimate of drug-likeness (QED) is 0.713. The van der Waals surface area contributed by atoms with E-state index in [1.807, 2.05) is 11.0 Å². The largest absolute Gasteiger partial charge is 0.342 e. The Balaban J connectivity index is 1.57. The fourth-order valence-electron chi connectivity index (χ4n) is 3.86. The molecule has 0 N–H and O–H groups in total. The van der Waals surface area contributed by atoms with Crippen molar-refractivity contribution in [2.24, 2.45) is 5.92 Å². The zero-order valence-electron chi connectivity index (χ0n) is 17.5. The summed E-state index contributed by atoms with van der Waals surface area (Å²) < 4.78 is 0. The average molecular weight is 394 g/mol. The summed E-state index contributed by atoms with van der Waals surface area (Å²) in [6, 6.07) is 12.2. The highest BCUT2D eigenvalue weighted by Gasteiger charge is 2.24. The number of carbonyl (C=O) groups excluding carboxylic acids is 2. The molecule has 0 bridgehead atoms. The van der Waals surface area contributed by atoms with E-state index in [-0.39, 0.29) is 11.8 Å². The van der Waals surface area contributed by atoms with E-state index in [9.17, 15) is 9.59 Å². The Kier molecular flexibility index (Phi) is 7.39. The number of aromatic nitrogens is 1. The molecule has 2 heterocycles. The standard InChI is InChI=1S/C24H31N3O2/c1-3-4-12-26(2)23(28)21-16-22(18-25-17-21)24(29)27-13-10-20(11-14-27)15-19-8-6-5-7-9-19/h5-9,16-18,20H,3-4,10-15H2,1-2H3. The zero-order chi connectivity index (χ0) is 20.6. The summed E-state index contributed by atoms with van der Waals surface area (Å²) in [6.45, 7) is 4.32. The number of rotatable bonds is 7. The predicted molar refractivity (Wildman–Crippen MR) is 115 cm³/mol. The van der Waals surface area contributed by atoms with E-state index in [1.54, 1.807) is 30.4 Å². The first-order chi connectivity index (χ1) is 14.1. The molecule has 0 aliphatic carbocycles. The minimum absolute atomic E-state index is 0.0264. The third-order valence-electron chi connectivity index (χ3n) is 5.69. The fourth-order valence-corrected chi connectivity index (χ4v) is 3.86. The molecule has 2 aromatic rings. The van der Waals surface area contributed by atoms with Crippen LogP contribution in [0.1, 0.15) is 58.9 Å². The van der Waals surface area contributed by atoms with Crippen molar-refractivity contribution < 1.29 is 9.59 Å². The maximum absolute atomic E-state index is 12.9. The van der Waals surface area contributed by atoms with Gasteiger partial charge in [0.15, 0.2) is 0 Å². The van der Waals surface area contributed by atoms with Crippen molar-refractivity contribution in [1.82, 2.24) is 14.8 Å². The number of unbranched alkanes of at least 4 members (excludes halogenated alkanes) is 1. The summed E-state index contributed by atoms with van der Waals surface area (Å²) in [7, 11) is 1.80. The van der Waals surface area contributed by atoms with Crippen LogP contribution in [-0.4, -0.2) is 53.3 Å². The van der Waals surface area contributed by atoms with Crippen LogP contribution in [0.2, 0.25) is 0 Å². The molecule has 0 unspecified atom stereocenters. The lowest BCUT2D eigenvalue weighted by Gasteiger charge is -2.32. The third kappa shape index (κ3) is 5.66. The molecular formula is C24H31N3O2. The SMILES string of the molecule is CCCCN(C)C(=O)c1cncc(C(=O)N2CCC(Cc3ccccc3)CC2)c1. The molecule has 29 heavy (non-hydrogen) atoms. The zero-order valence-corrected chi connectivity index (χ0v) is 17.5. The minimum atomic E-state index is -0.0813. The number of carbonyl (C=O) groups is 2. The van der Waals surface area contributed by atoms with Crippen molar-refractivity contribution in [2.45, 2.75) is 39.0 Å². The number of likely N-dealkylation sites (tertiary alicyclic amines) is 1. The fraction of sp³-hybridized carbons (Fsp3) is 0.458. The lowest BCUT2D eigenvalue weighted by molar-refractivity contribution is 0.0690. The van der Waals surface area contributed by atoms with Crippen molar-refractivity contribution in [2.75, 3.05) is 26.7 Å². The minimum Gasteiger partial charge on any atom is -0.342 e. The predicted octanol–water partition coefficient (Wildman–Crippen LogP) is 4.05. The van der Waals surface area contributed by atoms with Crippen LogP contribution in [0.25, 0.3) is 0 Å². The van der Waals surface area contributed by atoms with Gasteiger partial charge in [-0.15, -0.1) is 0 Å². The third-order valence-corrected chi connectivity index (χ3v) is 5.69. The van der Waals surface area contributed by atoms with Crippen molar-refractivity contribution in [3.8, 4) is 0 Å². The van der Waals surface area contributed by atoms with Crippen molar-refractivity contribution in [3.05, 3.63) is 65.5 Å². The van der Waals surface area contributed by atoms with Crippen LogP contribution in [0.4, 0.5) is 0 Å². The van der Waals surface area contributed by atoms with Crippen molar-refractivity contribution in [1.29, 1.82) is 0 Å². The second-order valence-corrected chi connectivity index (χ2v) is 7.97. The first-order valence-electron chi connectivity index (χ1n) is 10.6. The maximum atomic E-state index is 12.9. The molecule has 0 atom stereocenters. The Morgan fingerprint density at radius 1 is 1.10 bits per heavy atom. The van der Waals surface area contributed by atoms with Gasteiger partial charge < -0.3 is 9.80 Å². The summed E-state index contributed by atoms with van der Waals surface area (Å²) >= 11 is 0. The van der Waals surface area contributed by atoms with Gasteiger partial charge in [-0.2, -0.15) is 0 Å². The van der Waals surface area contributed by atoms with Gasteiger partial charge in [0, 0.05) is 39.1 Å². The number of hydrogen-bond donors (Lipinski definition) is 0. The van der Waals surface area contributed by atoms with Gasteiger partial charge in [-0.3, -0.25) is 14.6 Å². The van der Waals surface area contributed by atoms with Gasteiger partial charge in [-0.1, -0.05) is 43.7 Å². The lowest BCUT2D eigenvalue weighted by atomic mass is 9.90. The van der Waals surface area contributed by atoms with Gasteiger partial charge in [0.25, 0.3) is 11.8 Å². The molecule has 0 radical (unpaired) electrons. The molecule has 1 aliphatic rings. The summed E-state index contributed by atoms with van der Waals surface area (Å²) in [5.74, 6) is 0.503. The molecule has 5 heteroatoms. The highest BCUT2D eigenvalue weighted by molar-refractivity contribution is 5.99. The summed E-state index contributed by atoms with van der Waals surface area (Å²) in [4.78, 5) is 33.3. The average Bonchev–Trinajstić information content (AvgIpc) is 2.77. The Morgan fingerprint density at radius 2 is 1.79 bits per heavy atom. The molecule has 154 valence electrons. The molecule has 0 spiro atoms. The Morgan fingerprint density at radius 3 is 2.48 bits per heavy atom. The Labute approximate surface area is 173 Å². The van der Waals surface area contributed by atoms with Gasteiger partial charge in [0.1, 0.15) is 0 Å². The molecule has 0 saturated carbocycles. The van der Waals surface area contributed by atoms with E-state index in [4.69, 9.17) is 0 Å². The Bertz CT molecular complexity index is 814. The van der Waals surface area contributed by atoms with Crippen LogP contribution in [0.5, 0.6) is 0 Å². The highest BCUT2D eigenvalue weighted by Crippen LogP contribution is 2.23. The second-order valence-electron chi connectivity index (χ2n) is 7.97. The number of piperidine rings is 1. The highest BCUT2D eigenvalue weighted by atomic mass is 16.2. The molecule has 2 amide bonds. The van der Waals surface area contributed by atoms with E-state index >= 15 is 0 Å². The van der Waals surface area contributed by atoms with Gasteiger partial charge >= 0.3 is 0 Å². The smallest absolute Gasteiger partial charge is 0.255 e. The van der Waals surface area contributed by atoms with Crippen LogP contribution < -0.4 is 0 Å². The number of benzene rings is 1. The number of nitrogens with zero attached hydrogens (tertiary/aromatic N) is 3. The van der Waals surface area contributed by atoms with Crippen LogP contribution in [0.3, 0.4) is 0 Å². The molecular weight excluding hydrogens is 362 g/mol. The second kappa shape index (κ2) is 10.2. The molecule has 5 nitrogen and oxygen atoms in total. The lowest BCUT2D eigenvalue weighted by Crippen LogP contribution is -2.39. The number of amides is 2. The van der Waals surface area contributed by atoms with Crippen LogP contribution in [0.15, 0.2) is 48.8 Å². The van der Waals surface area contributed by atoms with E-state index in [0.29, 0.717) is 23.6 Å². The summed E-state index contributed by atoms with van der Waals surface area (Å²) in [5.41, 5.74) is 2.34. The van der Waals surface area contributed by atoms with Crippen LogP contribution in [0, 0.1) is 5.92 Å². The van der Waals surface area contributed by atoms with Crippen molar-refractivity contribution in [3.63, 3.8) is 0 Å². The molecule has 3 rings (SSSR count). The summed E-state index contributed by atoms with van der Waals surface area (Å²) in [6.07, 6.45) is 8.20. The van der Waals surface area contributed by atoms with Gasteiger partial charge in [0.05, 0.1) is 11.1 Å². The molecule has 1 fully saturated rings. The van der Waals surface area contributed by atoms with Gasteiger partial charge in [-0.25, -0.2) is 0 Å². The molecule has 1 aromatic heterocycles. The first kappa shape index (κ1) is 21.0. The van der Waals surface area contributed by atoms with E-state index < -0.39 is 0 Å². The molecule has 1 aliphatic heterocycles. The van der Waals surface area contributed by atoms with E-state index in [0.717, 1.165) is 45.2 Å². The number of hydrogen-bond acceptors (Lipinski definition) is 3. The Hall–Kier alpha value is -2.69. The van der Waals surface area contributed by atoms with Gasteiger partial charge in [0.2, 0.25) is 0 Å². The summed E-state index contributed by atoms with van der Waals surface area (Å²) in [5, 5.41) is 0. The number of pyridine rings is 1. The van der Waals surface area contributed by atoms with Crippen LogP contribution >= 0.6 is 0 Å². The van der Waals surface area contributed by atoms with E-state index in [2.05, 4.69) is 36.2 Å². The van der Waals surface area contributed by atoms with Gasteiger partial charge in [-0.05, 0) is 43.2 Å².